The molecule has 0 spiro atoms. The summed E-state index contributed by atoms with van der Waals surface area (Å²) in [5.74, 6) is -1.17. The van der Waals surface area contributed by atoms with Gasteiger partial charge in [-0.2, -0.15) is 0 Å². The zero-order valence-electron chi connectivity index (χ0n) is 18.7. The van der Waals surface area contributed by atoms with Gasteiger partial charge in [0.2, 0.25) is 0 Å². The minimum Gasteiger partial charge on any atom is -0.507 e. The van der Waals surface area contributed by atoms with E-state index in [9.17, 15) is 19.1 Å². The molecule has 0 bridgehead atoms. The van der Waals surface area contributed by atoms with Crippen LogP contribution in [0.4, 0.5) is 4.39 Å². The van der Waals surface area contributed by atoms with Crippen molar-refractivity contribution in [3.05, 3.63) is 65.0 Å². The van der Waals surface area contributed by atoms with E-state index in [2.05, 4.69) is 4.90 Å². The van der Waals surface area contributed by atoms with Gasteiger partial charge in [0.1, 0.15) is 24.8 Å². The molecule has 2 aromatic rings. The van der Waals surface area contributed by atoms with Gasteiger partial charge >= 0.3 is 0 Å². The van der Waals surface area contributed by atoms with E-state index < -0.39 is 23.5 Å². The number of carbonyl (C=O) groups is 2. The second kappa shape index (κ2) is 9.62. The van der Waals surface area contributed by atoms with E-state index in [0.717, 1.165) is 13.1 Å². The number of benzene rings is 2. The molecule has 33 heavy (non-hydrogen) atoms. The third kappa shape index (κ3) is 4.43. The van der Waals surface area contributed by atoms with Crippen LogP contribution in [0.25, 0.3) is 5.76 Å². The molecule has 0 aromatic heterocycles. The summed E-state index contributed by atoms with van der Waals surface area (Å²) in [6.07, 6.45) is 0. The van der Waals surface area contributed by atoms with Gasteiger partial charge in [0.15, 0.2) is 11.5 Å². The zero-order valence-corrected chi connectivity index (χ0v) is 18.7. The molecule has 0 aliphatic carbocycles. The van der Waals surface area contributed by atoms with E-state index in [4.69, 9.17) is 9.47 Å². The van der Waals surface area contributed by atoms with Crippen molar-refractivity contribution in [1.82, 2.24) is 9.80 Å². The highest BCUT2D eigenvalue weighted by Crippen LogP contribution is 2.41. The van der Waals surface area contributed by atoms with Crippen LogP contribution in [0, 0.1) is 5.82 Å². The number of likely N-dealkylation sites (N-methyl/N-ethyl adjacent to an activating group) is 1. The summed E-state index contributed by atoms with van der Waals surface area (Å²) in [5.41, 5.74) is 0.866. The molecule has 1 amide bonds. The molecule has 0 radical (unpaired) electrons. The Balaban J connectivity index is 1.78. The third-order valence-corrected chi connectivity index (χ3v) is 6.09. The monoisotopic (exact) mass is 454 g/mol. The second-order valence-corrected chi connectivity index (χ2v) is 7.93. The van der Waals surface area contributed by atoms with Gasteiger partial charge < -0.3 is 24.4 Å². The lowest BCUT2D eigenvalue weighted by molar-refractivity contribution is -0.140. The Morgan fingerprint density at radius 3 is 2.39 bits per heavy atom. The average molecular weight is 454 g/mol. The van der Waals surface area contributed by atoms with Crippen molar-refractivity contribution in [3.8, 4) is 11.5 Å². The van der Waals surface area contributed by atoms with Crippen molar-refractivity contribution >= 4 is 17.4 Å². The molecule has 1 atom stereocenters. The second-order valence-electron chi connectivity index (χ2n) is 7.93. The van der Waals surface area contributed by atoms with Crippen LogP contribution in [-0.2, 0) is 9.59 Å². The van der Waals surface area contributed by atoms with E-state index in [0.29, 0.717) is 48.9 Å². The van der Waals surface area contributed by atoms with Crippen LogP contribution in [-0.4, -0.2) is 66.0 Å². The maximum absolute atomic E-state index is 13.6. The Kier molecular flexibility index (Phi) is 6.65. The lowest BCUT2D eigenvalue weighted by atomic mass is 9.95. The van der Waals surface area contributed by atoms with Crippen molar-refractivity contribution in [3.63, 3.8) is 0 Å². The first-order valence-electron chi connectivity index (χ1n) is 11.1. The number of rotatable bonds is 7. The van der Waals surface area contributed by atoms with Crippen molar-refractivity contribution in [2.45, 2.75) is 19.9 Å². The molecular weight excluding hydrogens is 427 g/mol. The highest BCUT2D eigenvalue weighted by molar-refractivity contribution is 6.46. The van der Waals surface area contributed by atoms with Gasteiger partial charge in [-0.1, -0.05) is 26.0 Å². The molecule has 1 unspecified atom stereocenters. The molecule has 1 N–H and O–H groups in total. The number of Topliss-reactive ketones (excluding diaryl/α,β-unsaturated/α-hetero) is 1. The predicted octanol–water partition coefficient (Wildman–Crippen LogP) is 3.36. The molecule has 0 saturated carbocycles. The Morgan fingerprint density at radius 2 is 1.73 bits per heavy atom. The smallest absolute Gasteiger partial charge is 0.295 e. The Hall–Kier alpha value is -3.39. The predicted molar refractivity (Wildman–Crippen MR) is 121 cm³/mol. The highest BCUT2D eigenvalue weighted by atomic mass is 19.1. The standard InChI is InChI=1S/C25H27FN2O5/c1-3-27(4-2)11-12-28-22(16-5-8-18(26)9-6-16)21(24(30)25(28)31)23(29)17-7-10-19-20(15-17)33-14-13-32-19/h5-10,15,22,29H,3-4,11-14H2,1-2H3. The van der Waals surface area contributed by atoms with Crippen molar-refractivity contribution < 1.29 is 28.6 Å². The van der Waals surface area contributed by atoms with E-state index in [1.165, 1.54) is 29.2 Å². The van der Waals surface area contributed by atoms with Crippen molar-refractivity contribution in [1.29, 1.82) is 0 Å². The molecule has 4 rings (SSSR count). The van der Waals surface area contributed by atoms with Crippen LogP contribution in [0.5, 0.6) is 11.5 Å². The average Bonchev–Trinajstić information content (AvgIpc) is 3.09. The van der Waals surface area contributed by atoms with Crippen LogP contribution in [0.1, 0.15) is 31.0 Å². The summed E-state index contributed by atoms with van der Waals surface area (Å²) < 4.78 is 24.7. The Bertz CT molecular complexity index is 1080. The summed E-state index contributed by atoms with van der Waals surface area (Å²) in [6.45, 7) is 7.34. The quantitative estimate of drug-likeness (QED) is 0.393. The number of ether oxygens (including phenoxy) is 2. The first-order valence-corrected chi connectivity index (χ1v) is 11.1. The van der Waals surface area contributed by atoms with Gasteiger partial charge in [0, 0.05) is 18.7 Å². The van der Waals surface area contributed by atoms with E-state index in [1.54, 1.807) is 18.2 Å². The number of fused-ring (bicyclic) bond motifs is 1. The largest absolute Gasteiger partial charge is 0.507 e. The fourth-order valence-corrected chi connectivity index (χ4v) is 4.24. The molecular formula is C25H27FN2O5. The first-order chi connectivity index (χ1) is 15.9. The Labute approximate surface area is 192 Å². The fourth-order valence-electron chi connectivity index (χ4n) is 4.24. The number of amides is 1. The number of nitrogens with zero attached hydrogens (tertiary/aromatic N) is 2. The maximum Gasteiger partial charge on any atom is 0.295 e. The molecule has 2 aromatic carbocycles. The summed E-state index contributed by atoms with van der Waals surface area (Å²) in [7, 11) is 0. The number of aliphatic hydroxyl groups excluding tert-OH is 1. The van der Waals surface area contributed by atoms with Crippen molar-refractivity contribution in [2.75, 3.05) is 39.4 Å². The maximum atomic E-state index is 13.6. The molecule has 2 aliphatic heterocycles. The fraction of sp³-hybridized carbons (Fsp3) is 0.360. The Morgan fingerprint density at radius 1 is 1.06 bits per heavy atom. The zero-order chi connectivity index (χ0) is 23.5. The summed E-state index contributed by atoms with van der Waals surface area (Å²) in [4.78, 5) is 29.7. The number of carbonyl (C=O) groups excluding carboxylic acids is 2. The lowest BCUT2D eigenvalue weighted by Crippen LogP contribution is -2.38. The molecule has 7 nitrogen and oxygen atoms in total. The van der Waals surface area contributed by atoms with Crippen LogP contribution < -0.4 is 9.47 Å². The highest BCUT2D eigenvalue weighted by Gasteiger charge is 2.46. The summed E-state index contributed by atoms with van der Waals surface area (Å²) in [5, 5.41) is 11.2. The number of hydrogen-bond acceptors (Lipinski definition) is 6. The van der Waals surface area contributed by atoms with Crippen LogP contribution in [0.3, 0.4) is 0 Å². The molecule has 2 aliphatic rings. The number of aliphatic hydroxyl groups is 1. The van der Waals surface area contributed by atoms with E-state index in [1.807, 2.05) is 13.8 Å². The van der Waals surface area contributed by atoms with E-state index >= 15 is 0 Å². The van der Waals surface area contributed by atoms with Gasteiger partial charge in [-0.3, -0.25) is 9.59 Å². The van der Waals surface area contributed by atoms with Crippen molar-refractivity contribution in [2.24, 2.45) is 0 Å². The molecule has 1 saturated heterocycles. The van der Waals surface area contributed by atoms with Gasteiger partial charge in [-0.25, -0.2) is 4.39 Å². The third-order valence-electron chi connectivity index (χ3n) is 6.09. The first kappa shape index (κ1) is 22.8. The van der Waals surface area contributed by atoms with Crippen LogP contribution >= 0.6 is 0 Å². The lowest BCUT2D eigenvalue weighted by Gasteiger charge is -2.28. The molecule has 2 heterocycles. The van der Waals surface area contributed by atoms with Crippen LogP contribution in [0.2, 0.25) is 0 Å². The molecule has 1 fully saturated rings. The number of likely N-dealkylation sites (tertiary alicyclic amines) is 1. The SMILES string of the molecule is CCN(CC)CCN1C(=O)C(=O)C(=C(O)c2ccc3c(c2)OCCO3)C1c1ccc(F)cc1. The minimum absolute atomic E-state index is 0.0252. The summed E-state index contributed by atoms with van der Waals surface area (Å²) >= 11 is 0. The van der Waals surface area contributed by atoms with Gasteiger partial charge in [-0.05, 0) is 49.0 Å². The number of hydrogen-bond donors (Lipinski definition) is 1. The summed E-state index contributed by atoms with van der Waals surface area (Å²) in [6, 6.07) is 9.68. The molecule has 174 valence electrons. The molecule has 8 heteroatoms. The van der Waals surface area contributed by atoms with E-state index in [-0.39, 0.29) is 11.3 Å². The number of halogens is 1. The number of ketones is 1. The van der Waals surface area contributed by atoms with Gasteiger partial charge in [0.25, 0.3) is 11.7 Å². The minimum atomic E-state index is -0.825. The van der Waals surface area contributed by atoms with Gasteiger partial charge in [-0.15, -0.1) is 0 Å². The normalized spacial score (nSPS) is 19.4. The van der Waals surface area contributed by atoms with Crippen LogP contribution in [0.15, 0.2) is 48.0 Å². The van der Waals surface area contributed by atoms with Gasteiger partial charge in [0.05, 0.1) is 11.6 Å². The topological polar surface area (TPSA) is 79.3 Å².